The molecule has 0 amide bonds. The Bertz CT molecular complexity index is 1150. The van der Waals surface area contributed by atoms with Crippen LogP contribution in [0.4, 0.5) is 0 Å². The SMILES string of the molecule is CCOc1ccc(C2=NC(c3ccc(Cl)cc3Cl)NC(c3cccc(OCC)c3O)C2)cc1. The molecule has 3 aromatic rings. The van der Waals surface area contributed by atoms with E-state index in [1.54, 1.807) is 18.2 Å². The van der Waals surface area contributed by atoms with E-state index in [1.165, 1.54) is 0 Å². The fourth-order valence-corrected chi connectivity index (χ4v) is 4.48. The van der Waals surface area contributed by atoms with Crippen molar-refractivity contribution in [2.75, 3.05) is 13.2 Å². The highest BCUT2D eigenvalue weighted by atomic mass is 35.5. The molecule has 0 fully saturated rings. The summed E-state index contributed by atoms with van der Waals surface area (Å²) < 4.78 is 11.2. The quantitative estimate of drug-likeness (QED) is 0.390. The lowest BCUT2D eigenvalue weighted by Crippen LogP contribution is -2.33. The fraction of sp³-hybridized carbons (Fsp3) is 0.269. The van der Waals surface area contributed by atoms with E-state index in [4.69, 9.17) is 37.7 Å². The average molecular weight is 485 g/mol. The van der Waals surface area contributed by atoms with Gasteiger partial charge in [0.2, 0.25) is 0 Å². The summed E-state index contributed by atoms with van der Waals surface area (Å²) in [4.78, 5) is 4.98. The van der Waals surface area contributed by atoms with Gasteiger partial charge in [-0.25, -0.2) is 0 Å². The van der Waals surface area contributed by atoms with Crippen molar-refractivity contribution in [3.05, 3.63) is 87.4 Å². The Morgan fingerprint density at radius 1 is 0.970 bits per heavy atom. The molecule has 33 heavy (non-hydrogen) atoms. The molecule has 7 heteroatoms. The smallest absolute Gasteiger partial charge is 0.162 e. The summed E-state index contributed by atoms with van der Waals surface area (Å²) in [5.41, 5.74) is 3.45. The van der Waals surface area contributed by atoms with Crippen molar-refractivity contribution in [3.8, 4) is 17.2 Å². The summed E-state index contributed by atoms with van der Waals surface area (Å²) in [6.45, 7) is 4.93. The van der Waals surface area contributed by atoms with Gasteiger partial charge in [-0.2, -0.15) is 0 Å². The Balaban J connectivity index is 1.75. The van der Waals surface area contributed by atoms with Gasteiger partial charge in [-0.15, -0.1) is 0 Å². The molecule has 1 aliphatic heterocycles. The molecule has 3 aromatic carbocycles. The summed E-state index contributed by atoms with van der Waals surface area (Å²) in [5, 5.41) is 15.5. The Labute approximate surface area is 204 Å². The van der Waals surface area contributed by atoms with Crippen LogP contribution in [0.15, 0.2) is 65.7 Å². The molecule has 0 saturated carbocycles. The summed E-state index contributed by atoms with van der Waals surface area (Å²) in [6.07, 6.45) is 0.170. The number of benzene rings is 3. The van der Waals surface area contributed by atoms with E-state index < -0.39 is 6.17 Å². The van der Waals surface area contributed by atoms with Gasteiger partial charge >= 0.3 is 0 Å². The van der Waals surface area contributed by atoms with Gasteiger partial charge < -0.3 is 14.6 Å². The van der Waals surface area contributed by atoms with Crippen LogP contribution < -0.4 is 14.8 Å². The number of nitrogens with one attached hydrogen (secondary N) is 1. The minimum absolute atomic E-state index is 0.130. The number of phenols is 1. The molecule has 1 heterocycles. The minimum atomic E-state index is -0.412. The van der Waals surface area contributed by atoms with E-state index in [0.29, 0.717) is 35.4 Å². The van der Waals surface area contributed by atoms with Crippen LogP contribution in [0.5, 0.6) is 17.2 Å². The molecule has 0 spiro atoms. The largest absolute Gasteiger partial charge is 0.504 e. The molecule has 0 saturated heterocycles. The third kappa shape index (κ3) is 5.27. The first-order chi connectivity index (χ1) is 16.0. The maximum atomic E-state index is 10.9. The third-order valence-corrected chi connectivity index (χ3v) is 6.06. The second kappa shape index (κ2) is 10.5. The number of phenolic OH excluding ortho intramolecular Hbond substituents is 1. The van der Waals surface area contributed by atoms with E-state index in [-0.39, 0.29) is 11.8 Å². The molecule has 0 aromatic heterocycles. The number of rotatable bonds is 7. The zero-order valence-corrected chi connectivity index (χ0v) is 20.0. The standard InChI is InChI=1S/C26H26Cl2N2O3/c1-3-32-18-11-8-16(9-12-18)22-15-23(20-6-5-7-24(25(20)31)33-4-2)30-26(29-22)19-13-10-17(27)14-21(19)28/h5-14,23,26,30-31H,3-4,15H2,1-2H3. The van der Waals surface area contributed by atoms with Crippen LogP contribution in [-0.2, 0) is 0 Å². The van der Waals surface area contributed by atoms with Crippen molar-refractivity contribution < 1.29 is 14.6 Å². The highest BCUT2D eigenvalue weighted by Crippen LogP contribution is 2.40. The first-order valence-electron chi connectivity index (χ1n) is 11.0. The second-order valence-electron chi connectivity index (χ2n) is 7.65. The minimum Gasteiger partial charge on any atom is -0.504 e. The number of nitrogens with zero attached hydrogens (tertiary/aromatic N) is 1. The van der Waals surface area contributed by atoms with Gasteiger partial charge in [0.05, 0.1) is 13.2 Å². The van der Waals surface area contributed by atoms with Gasteiger partial charge in [0, 0.05) is 39.3 Å². The number of hydrogen-bond donors (Lipinski definition) is 2. The topological polar surface area (TPSA) is 63.1 Å². The van der Waals surface area contributed by atoms with E-state index >= 15 is 0 Å². The predicted octanol–water partition coefficient (Wildman–Crippen LogP) is 6.72. The zero-order valence-electron chi connectivity index (χ0n) is 18.5. The Hall–Kier alpha value is -2.73. The first-order valence-corrected chi connectivity index (χ1v) is 11.7. The molecule has 1 aliphatic rings. The molecular formula is C26H26Cl2N2O3. The van der Waals surface area contributed by atoms with Gasteiger partial charge in [-0.05, 0) is 61.9 Å². The number of para-hydroxylation sites is 1. The summed E-state index contributed by atoms with van der Waals surface area (Å²) in [6, 6.07) is 18.6. The molecule has 2 N–H and O–H groups in total. The van der Waals surface area contributed by atoms with Crippen molar-refractivity contribution in [2.45, 2.75) is 32.5 Å². The van der Waals surface area contributed by atoms with Crippen LogP contribution in [0.25, 0.3) is 0 Å². The van der Waals surface area contributed by atoms with Crippen molar-refractivity contribution in [1.29, 1.82) is 0 Å². The van der Waals surface area contributed by atoms with Crippen LogP contribution >= 0.6 is 23.2 Å². The van der Waals surface area contributed by atoms with E-state index in [9.17, 15) is 5.11 Å². The molecule has 2 unspecified atom stereocenters. The normalized spacial score (nSPS) is 18.0. The van der Waals surface area contributed by atoms with Gasteiger partial charge in [0.25, 0.3) is 0 Å². The summed E-state index contributed by atoms with van der Waals surface area (Å²) in [5.74, 6) is 1.40. The Morgan fingerprint density at radius 2 is 1.73 bits per heavy atom. The zero-order chi connectivity index (χ0) is 23.4. The van der Waals surface area contributed by atoms with Crippen molar-refractivity contribution >= 4 is 28.9 Å². The van der Waals surface area contributed by atoms with Crippen molar-refractivity contribution in [3.63, 3.8) is 0 Å². The van der Waals surface area contributed by atoms with Crippen molar-refractivity contribution in [1.82, 2.24) is 5.32 Å². The summed E-state index contributed by atoms with van der Waals surface area (Å²) in [7, 11) is 0. The number of hydrogen-bond acceptors (Lipinski definition) is 5. The Morgan fingerprint density at radius 3 is 2.42 bits per heavy atom. The molecule has 0 radical (unpaired) electrons. The van der Waals surface area contributed by atoms with Crippen LogP contribution in [0.3, 0.4) is 0 Å². The number of aliphatic imine (C=N–C) groups is 1. The maximum absolute atomic E-state index is 10.9. The molecule has 0 bridgehead atoms. The van der Waals surface area contributed by atoms with Crippen LogP contribution in [0, 0.1) is 0 Å². The maximum Gasteiger partial charge on any atom is 0.162 e. The summed E-state index contributed by atoms with van der Waals surface area (Å²) >= 11 is 12.6. The van der Waals surface area contributed by atoms with E-state index in [2.05, 4.69) is 5.32 Å². The van der Waals surface area contributed by atoms with Gasteiger partial charge in [-0.3, -0.25) is 10.3 Å². The van der Waals surface area contributed by atoms with Gasteiger partial charge in [0.1, 0.15) is 11.9 Å². The van der Waals surface area contributed by atoms with E-state index in [1.807, 2.05) is 56.3 Å². The lowest BCUT2D eigenvalue weighted by atomic mass is 9.93. The lowest BCUT2D eigenvalue weighted by Gasteiger charge is -2.31. The van der Waals surface area contributed by atoms with Crippen LogP contribution in [-0.4, -0.2) is 24.0 Å². The fourth-order valence-electron chi connectivity index (χ4n) is 3.97. The monoisotopic (exact) mass is 484 g/mol. The van der Waals surface area contributed by atoms with E-state index in [0.717, 1.165) is 28.2 Å². The average Bonchev–Trinajstić information content (AvgIpc) is 2.81. The third-order valence-electron chi connectivity index (χ3n) is 5.50. The molecular weight excluding hydrogens is 459 g/mol. The predicted molar refractivity (Wildman–Crippen MR) is 133 cm³/mol. The van der Waals surface area contributed by atoms with Crippen LogP contribution in [0.1, 0.15) is 49.2 Å². The molecule has 2 atom stereocenters. The second-order valence-corrected chi connectivity index (χ2v) is 8.50. The molecule has 4 rings (SSSR count). The highest BCUT2D eigenvalue weighted by molar-refractivity contribution is 6.35. The number of ether oxygens (including phenoxy) is 2. The molecule has 172 valence electrons. The highest BCUT2D eigenvalue weighted by Gasteiger charge is 2.29. The Kier molecular flexibility index (Phi) is 7.43. The van der Waals surface area contributed by atoms with Gasteiger partial charge in [0.15, 0.2) is 11.5 Å². The molecule has 0 aliphatic carbocycles. The number of halogens is 2. The number of aromatic hydroxyl groups is 1. The van der Waals surface area contributed by atoms with Crippen molar-refractivity contribution in [2.24, 2.45) is 4.99 Å². The van der Waals surface area contributed by atoms with Crippen LogP contribution in [0.2, 0.25) is 10.0 Å². The lowest BCUT2D eigenvalue weighted by molar-refractivity contribution is 0.313. The van der Waals surface area contributed by atoms with Gasteiger partial charge in [-0.1, -0.05) is 41.4 Å². The molecule has 5 nitrogen and oxygen atoms in total. The first kappa shape index (κ1) is 23.4.